The molecule has 1 atom stereocenters. The maximum absolute atomic E-state index is 12.3. The summed E-state index contributed by atoms with van der Waals surface area (Å²) in [6, 6.07) is 27.9. The fourth-order valence-corrected chi connectivity index (χ4v) is 3.78. The maximum Gasteiger partial charge on any atom is 0.244 e. The monoisotopic (exact) mass is 434 g/mol. The van der Waals surface area contributed by atoms with E-state index in [2.05, 4.69) is 10.6 Å². The van der Waals surface area contributed by atoms with E-state index >= 15 is 0 Å². The Kier molecular flexibility index (Phi) is 6.96. The summed E-state index contributed by atoms with van der Waals surface area (Å²) in [6.07, 6.45) is 6.68. The summed E-state index contributed by atoms with van der Waals surface area (Å²) >= 11 is 0. The Balaban J connectivity index is 1.29. The van der Waals surface area contributed by atoms with Crippen molar-refractivity contribution in [1.82, 2.24) is 10.6 Å². The Morgan fingerprint density at radius 3 is 1.76 bits per heavy atom. The van der Waals surface area contributed by atoms with Crippen molar-refractivity contribution in [1.29, 1.82) is 0 Å². The molecule has 4 rings (SSSR count). The largest absolute Gasteiger partial charge is 0.351 e. The Morgan fingerprint density at radius 1 is 0.697 bits per heavy atom. The third-order valence-electron chi connectivity index (χ3n) is 5.45. The van der Waals surface area contributed by atoms with E-state index in [1.54, 1.807) is 0 Å². The molecule has 0 aliphatic heterocycles. The normalized spacial score (nSPS) is 12.4. The number of carbonyl (C=O) groups is 2. The second-order valence-electron chi connectivity index (χ2n) is 7.96. The molecule has 2 N–H and O–H groups in total. The minimum Gasteiger partial charge on any atom is -0.351 e. The molecular weight excluding hydrogens is 408 g/mol. The number of benzene rings is 4. The molecule has 0 bridgehead atoms. The molecule has 2 amide bonds. The molecule has 0 radical (unpaired) electrons. The Bertz CT molecular complexity index is 1340. The molecule has 4 aromatic carbocycles. The summed E-state index contributed by atoms with van der Waals surface area (Å²) in [4.78, 5) is 24.6. The third kappa shape index (κ3) is 5.74. The summed E-state index contributed by atoms with van der Waals surface area (Å²) < 4.78 is 0. The second-order valence-corrected chi connectivity index (χ2v) is 7.96. The minimum atomic E-state index is -0.204. The van der Waals surface area contributed by atoms with Gasteiger partial charge in [-0.3, -0.25) is 9.59 Å². The van der Waals surface area contributed by atoms with Gasteiger partial charge in [-0.05, 0) is 51.7 Å². The lowest BCUT2D eigenvalue weighted by molar-refractivity contribution is -0.118. The van der Waals surface area contributed by atoms with Crippen molar-refractivity contribution in [2.24, 2.45) is 0 Å². The fourth-order valence-electron chi connectivity index (χ4n) is 3.78. The highest BCUT2D eigenvalue weighted by atomic mass is 16.2. The number of carbonyl (C=O) groups excluding carboxylic acids is 2. The first-order valence-electron chi connectivity index (χ1n) is 11.0. The fraction of sp³-hybridized carbons (Fsp3) is 0.103. The molecule has 0 saturated heterocycles. The van der Waals surface area contributed by atoms with Crippen molar-refractivity contribution >= 4 is 45.5 Å². The molecule has 0 aromatic heterocycles. The van der Waals surface area contributed by atoms with Gasteiger partial charge in [-0.25, -0.2) is 0 Å². The zero-order valence-electron chi connectivity index (χ0n) is 18.5. The molecule has 0 aliphatic rings. The number of rotatable bonds is 7. The summed E-state index contributed by atoms with van der Waals surface area (Å²) in [5, 5.41) is 10.2. The van der Waals surface area contributed by atoms with Crippen molar-refractivity contribution in [2.75, 3.05) is 6.54 Å². The molecule has 0 heterocycles. The SMILES string of the molecule is C[C@@H](CNC(=O)/C=C/c1cccc2ccccc12)NC(=O)/C=C/c1cccc2ccccc12. The van der Waals surface area contributed by atoms with Gasteiger partial charge in [-0.1, -0.05) is 84.9 Å². The molecule has 0 saturated carbocycles. The number of fused-ring (bicyclic) bond motifs is 2. The van der Waals surface area contributed by atoms with Crippen LogP contribution in [0, 0.1) is 0 Å². The van der Waals surface area contributed by atoms with Crippen molar-refractivity contribution in [3.05, 3.63) is 108 Å². The average molecular weight is 435 g/mol. The highest BCUT2D eigenvalue weighted by molar-refractivity contribution is 5.98. The number of nitrogens with one attached hydrogen (secondary N) is 2. The van der Waals surface area contributed by atoms with Gasteiger partial charge in [0.15, 0.2) is 0 Å². The topological polar surface area (TPSA) is 58.2 Å². The second kappa shape index (κ2) is 10.4. The van der Waals surface area contributed by atoms with Gasteiger partial charge < -0.3 is 10.6 Å². The van der Waals surface area contributed by atoms with Gasteiger partial charge >= 0.3 is 0 Å². The summed E-state index contributed by atoms with van der Waals surface area (Å²) in [6.45, 7) is 2.20. The Labute approximate surface area is 193 Å². The van der Waals surface area contributed by atoms with Gasteiger partial charge in [0.2, 0.25) is 11.8 Å². The van der Waals surface area contributed by atoms with Crippen LogP contribution in [0.5, 0.6) is 0 Å². The molecule has 33 heavy (non-hydrogen) atoms. The lowest BCUT2D eigenvalue weighted by Gasteiger charge is -2.12. The van der Waals surface area contributed by atoms with Crippen LogP contribution in [-0.4, -0.2) is 24.4 Å². The van der Waals surface area contributed by atoms with Crippen LogP contribution in [0.4, 0.5) is 0 Å². The van der Waals surface area contributed by atoms with Crippen molar-refractivity contribution in [3.8, 4) is 0 Å². The molecule has 4 aromatic rings. The van der Waals surface area contributed by atoms with Gasteiger partial charge in [-0.15, -0.1) is 0 Å². The van der Waals surface area contributed by atoms with Crippen molar-refractivity contribution < 1.29 is 9.59 Å². The minimum absolute atomic E-state index is 0.198. The molecule has 0 aliphatic carbocycles. The standard InChI is InChI=1S/C29H26N2O2/c1-21(31-29(33)19-17-25-13-7-11-23-9-3-5-15-27(23)25)20-30-28(32)18-16-24-12-6-10-22-8-2-4-14-26(22)24/h2-19,21H,20H2,1H3,(H,30,32)(H,31,33)/b18-16+,19-17+/t21-/m0/s1. The first-order valence-corrected chi connectivity index (χ1v) is 11.0. The van der Waals surface area contributed by atoms with Gasteiger partial charge in [0.25, 0.3) is 0 Å². The number of amides is 2. The zero-order chi connectivity index (χ0) is 23.0. The predicted octanol–water partition coefficient (Wildman–Crippen LogP) is 5.34. The smallest absolute Gasteiger partial charge is 0.244 e. The van der Waals surface area contributed by atoms with E-state index in [1.807, 2.05) is 104 Å². The Hall–Kier alpha value is -4.18. The summed E-state index contributed by atoms with van der Waals surface area (Å²) in [5.74, 6) is -0.397. The first-order chi connectivity index (χ1) is 16.1. The Morgan fingerprint density at radius 2 is 1.18 bits per heavy atom. The highest BCUT2D eigenvalue weighted by Gasteiger charge is 2.06. The predicted molar refractivity (Wildman–Crippen MR) is 137 cm³/mol. The first kappa shape index (κ1) is 22.0. The lowest BCUT2D eigenvalue weighted by atomic mass is 10.0. The summed E-state index contributed by atoms with van der Waals surface area (Å²) in [5.41, 5.74) is 1.98. The highest BCUT2D eigenvalue weighted by Crippen LogP contribution is 2.20. The van der Waals surface area contributed by atoms with Crippen molar-refractivity contribution in [3.63, 3.8) is 0 Å². The van der Waals surface area contributed by atoms with Crippen LogP contribution in [0.3, 0.4) is 0 Å². The van der Waals surface area contributed by atoms with Crippen LogP contribution in [-0.2, 0) is 9.59 Å². The lowest BCUT2D eigenvalue weighted by Crippen LogP contribution is -2.40. The summed E-state index contributed by atoms with van der Waals surface area (Å²) in [7, 11) is 0. The van der Waals surface area contributed by atoms with Gasteiger partial charge in [0.05, 0.1) is 0 Å². The number of hydrogen-bond acceptors (Lipinski definition) is 2. The van der Waals surface area contributed by atoms with Gasteiger partial charge in [0.1, 0.15) is 0 Å². The van der Waals surface area contributed by atoms with Gasteiger partial charge in [-0.2, -0.15) is 0 Å². The molecule has 0 spiro atoms. The molecule has 0 fully saturated rings. The molecule has 0 unspecified atom stereocenters. The van der Waals surface area contributed by atoms with Crippen LogP contribution in [0.1, 0.15) is 18.1 Å². The van der Waals surface area contributed by atoms with E-state index in [9.17, 15) is 9.59 Å². The van der Waals surface area contributed by atoms with Crippen LogP contribution < -0.4 is 10.6 Å². The van der Waals surface area contributed by atoms with E-state index < -0.39 is 0 Å². The average Bonchev–Trinajstić information content (AvgIpc) is 2.85. The van der Waals surface area contributed by atoms with Crippen molar-refractivity contribution in [2.45, 2.75) is 13.0 Å². The van der Waals surface area contributed by atoms with E-state index in [4.69, 9.17) is 0 Å². The van der Waals surface area contributed by atoms with Gasteiger partial charge in [0, 0.05) is 24.7 Å². The van der Waals surface area contributed by atoms with Crippen LogP contribution in [0.2, 0.25) is 0 Å². The van der Waals surface area contributed by atoms with E-state index in [0.29, 0.717) is 6.54 Å². The van der Waals surface area contributed by atoms with E-state index in [-0.39, 0.29) is 17.9 Å². The van der Waals surface area contributed by atoms with E-state index in [0.717, 1.165) is 32.7 Å². The quantitative estimate of drug-likeness (QED) is 0.386. The maximum atomic E-state index is 12.3. The van der Waals surface area contributed by atoms with Crippen LogP contribution in [0.25, 0.3) is 33.7 Å². The van der Waals surface area contributed by atoms with E-state index in [1.165, 1.54) is 12.2 Å². The molecule has 4 nitrogen and oxygen atoms in total. The molecule has 4 heteroatoms. The molecule has 164 valence electrons. The third-order valence-corrected chi connectivity index (χ3v) is 5.45. The zero-order valence-corrected chi connectivity index (χ0v) is 18.5. The molecular formula is C29H26N2O2. The number of hydrogen-bond donors (Lipinski definition) is 2. The van der Waals surface area contributed by atoms with Crippen LogP contribution in [0.15, 0.2) is 97.1 Å². The van der Waals surface area contributed by atoms with Crippen LogP contribution >= 0.6 is 0 Å².